The summed E-state index contributed by atoms with van der Waals surface area (Å²) < 4.78 is 12.2. The zero-order valence-corrected chi connectivity index (χ0v) is 48.6. The maximum atomic E-state index is 14.5. The number of likely N-dealkylation sites (N-methyl/N-ethyl adjacent to an activating group) is 2. The summed E-state index contributed by atoms with van der Waals surface area (Å²) in [6.07, 6.45) is 6.15. The fourth-order valence-electron chi connectivity index (χ4n) is 11.5. The first-order chi connectivity index (χ1) is 36.5. The maximum Gasteiger partial charge on any atom is 0.271 e. The van der Waals surface area contributed by atoms with Gasteiger partial charge in [0.05, 0.1) is 42.5 Å². The van der Waals surface area contributed by atoms with Gasteiger partial charge in [0.1, 0.15) is 11.6 Å². The van der Waals surface area contributed by atoms with Crippen LogP contribution in [0.1, 0.15) is 147 Å². The van der Waals surface area contributed by atoms with Crippen molar-refractivity contribution in [2.45, 2.75) is 163 Å². The highest BCUT2D eigenvalue weighted by Gasteiger charge is 2.43. The van der Waals surface area contributed by atoms with Gasteiger partial charge < -0.3 is 19.3 Å². The second kappa shape index (κ2) is 30.4. The Hall–Kier alpha value is -5.71. The van der Waals surface area contributed by atoms with E-state index in [9.17, 15) is 38.4 Å². The number of likely N-dealkylation sites (tertiary alicyclic amines) is 1. The molecule has 0 unspecified atom stereocenters. The van der Waals surface area contributed by atoms with Crippen molar-refractivity contribution in [1.29, 1.82) is 0 Å². The molecule has 2 heterocycles. The molecule has 2 aliphatic heterocycles. The van der Waals surface area contributed by atoms with Gasteiger partial charge in [-0.2, -0.15) is 5.10 Å². The first-order valence-corrected chi connectivity index (χ1v) is 27.9. The predicted octanol–water partition coefficient (Wildman–Crippen LogP) is 8.06. The summed E-state index contributed by atoms with van der Waals surface area (Å²) in [5.74, 6) is -2.96. The molecule has 2 aromatic rings. The molecule has 0 saturated carbocycles. The minimum atomic E-state index is -0.640. The topological polar surface area (TPSA) is 192 Å². The molecule has 1 N–H and O–H groups in total. The number of hydrogen-bond donors (Lipinski definition) is 1. The fraction of sp³-hybridized carbons (Fsp3) is 0.623. The Kier molecular flexibility index (Phi) is 25.2. The van der Waals surface area contributed by atoms with Gasteiger partial charge in [-0.25, -0.2) is 5.43 Å². The van der Waals surface area contributed by atoms with Crippen molar-refractivity contribution in [3.8, 4) is 0 Å². The van der Waals surface area contributed by atoms with Crippen LogP contribution in [-0.4, -0.2) is 151 Å². The number of aryl methyl sites for hydroxylation is 1. The van der Waals surface area contributed by atoms with Gasteiger partial charge in [0, 0.05) is 95.5 Å². The number of Topliss-reactive ketones (excluding diaryl/α,β-unsaturated/α-hetero) is 3. The Bertz CT molecular complexity index is 2390. The van der Waals surface area contributed by atoms with Crippen LogP contribution >= 0.6 is 0 Å². The molecular formula is C61H90N6O10. The Labute approximate surface area is 459 Å². The van der Waals surface area contributed by atoms with Crippen LogP contribution in [0.2, 0.25) is 0 Å². The second-order valence-electron chi connectivity index (χ2n) is 22.5. The van der Waals surface area contributed by atoms with Crippen molar-refractivity contribution in [2.24, 2.45) is 40.6 Å². The number of hydrogen-bond acceptors (Lipinski definition) is 12. The Morgan fingerprint density at radius 3 is 2.04 bits per heavy atom. The third-order valence-electron chi connectivity index (χ3n) is 15.9. The summed E-state index contributed by atoms with van der Waals surface area (Å²) >= 11 is 0. The second-order valence-corrected chi connectivity index (χ2v) is 22.5. The van der Waals surface area contributed by atoms with Crippen LogP contribution in [0.5, 0.6) is 0 Å². The highest BCUT2D eigenvalue weighted by atomic mass is 16.5. The Morgan fingerprint density at radius 2 is 1.47 bits per heavy atom. The van der Waals surface area contributed by atoms with E-state index < -0.39 is 41.9 Å². The monoisotopic (exact) mass is 1070 g/mol. The third kappa shape index (κ3) is 17.4. The van der Waals surface area contributed by atoms with Crippen molar-refractivity contribution >= 4 is 52.6 Å². The molecule has 1 saturated heterocycles. The van der Waals surface area contributed by atoms with E-state index in [0.717, 1.165) is 24.0 Å². The number of carbonyl (C=O) groups is 8. The van der Waals surface area contributed by atoms with Gasteiger partial charge in [0.15, 0.2) is 5.78 Å². The third-order valence-corrected chi connectivity index (χ3v) is 15.9. The first-order valence-electron chi connectivity index (χ1n) is 27.9. The Balaban J connectivity index is 1.42. The number of imide groups is 1. The van der Waals surface area contributed by atoms with E-state index in [2.05, 4.69) is 24.4 Å². The summed E-state index contributed by atoms with van der Waals surface area (Å²) in [5, 5.41) is 4.63. The zero-order chi connectivity index (χ0) is 57.3. The van der Waals surface area contributed by atoms with E-state index in [-0.39, 0.29) is 96.5 Å². The van der Waals surface area contributed by atoms with Gasteiger partial charge in [-0.3, -0.25) is 48.2 Å². The summed E-state index contributed by atoms with van der Waals surface area (Å²) in [6, 6.07) is 13.5. The molecule has 424 valence electrons. The molecule has 2 aliphatic rings. The van der Waals surface area contributed by atoms with Crippen molar-refractivity contribution in [2.75, 3.05) is 48.5 Å². The van der Waals surface area contributed by atoms with E-state index >= 15 is 0 Å². The maximum absolute atomic E-state index is 14.5. The molecule has 0 radical (unpaired) electrons. The SMILES string of the molecule is CC[C@H](C)[C@@H]([C@@H](CC(=O)N1CCC[C@H]1[C@H](OC)[C@@H](C)C(=O)C[C@H](C)C(=NNC(=O)c1ccc(CC(=O)CCCCCN2C(=O)C=CC2=O)cc1C)c1ccccc1)OC)N(C)C(=O)[C@@H](CC(=O)[C@H](C(C)C)N(C)C)C(C)C. The molecule has 16 heteroatoms. The van der Waals surface area contributed by atoms with Crippen LogP contribution in [0.15, 0.2) is 65.8 Å². The number of benzene rings is 2. The van der Waals surface area contributed by atoms with E-state index in [4.69, 9.17) is 9.47 Å². The fourth-order valence-corrected chi connectivity index (χ4v) is 11.5. The van der Waals surface area contributed by atoms with E-state index in [0.29, 0.717) is 62.0 Å². The van der Waals surface area contributed by atoms with E-state index in [1.807, 2.05) is 102 Å². The quantitative estimate of drug-likeness (QED) is 0.0323. The number of carbonyl (C=O) groups excluding carboxylic acids is 8. The number of nitrogens with zero attached hydrogens (tertiary/aromatic N) is 5. The molecular weight excluding hydrogens is 977 g/mol. The summed E-state index contributed by atoms with van der Waals surface area (Å²) in [7, 11) is 8.69. The minimum Gasteiger partial charge on any atom is -0.379 e. The molecule has 16 nitrogen and oxygen atoms in total. The normalized spacial score (nSPS) is 18.1. The van der Waals surface area contributed by atoms with Gasteiger partial charge >= 0.3 is 0 Å². The van der Waals surface area contributed by atoms with Crippen molar-refractivity contribution in [1.82, 2.24) is 25.0 Å². The van der Waals surface area contributed by atoms with Crippen molar-refractivity contribution in [3.05, 3.63) is 82.9 Å². The number of ether oxygens (including phenoxy) is 2. The molecule has 0 bridgehead atoms. The lowest BCUT2D eigenvalue weighted by atomic mass is 9.83. The molecule has 4 rings (SSSR count). The summed E-state index contributed by atoms with van der Waals surface area (Å²) in [4.78, 5) is 114. The number of hydrazone groups is 1. The van der Waals surface area contributed by atoms with Gasteiger partial charge in [-0.1, -0.05) is 111 Å². The lowest BCUT2D eigenvalue weighted by Gasteiger charge is -2.41. The van der Waals surface area contributed by atoms with Crippen LogP contribution in [0.3, 0.4) is 0 Å². The number of rotatable bonds is 32. The average Bonchev–Trinajstić information content (AvgIpc) is 4.00. The zero-order valence-electron chi connectivity index (χ0n) is 48.6. The molecule has 0 aromatic heterocycles. The number of unbranched alkanes of at least 4 members (excludes halogenated alkanes) is 2. The summed E-state index contributed by atoms with van der Waals surface area (Å²) in [6.45, 7) is 18.4. The van der Waals surface area contributed by atoms with Crippen LogP contribution < -0.4 is 5.43 Å². The molecule has 0 spiro atoms. The van der Waals surface area contributed by atoms with E-state index in [1.165, 1.54) is 17.1 Å². The highest BCUT2D eigenvalue weighted by molar-refractivity contribution is 6.12. The average molecular weight is 1070 g/mol. The lowest BCUT2D eigenvalue weighted by molar-refractivity contribution is -0.149. The minimum absolute atomic E-state index is 0.0127. The van der Waals surface area contributed by atoms with Crippen LogP contribution in [0.4, 0.5) is 0 Å². The van der Waals surface area contributed by atoms with Crippen molar-refractivity contribution < 1.29 is 47.8 Å². The lowest BCUT2D eigenvalue weighted by Crippen LogP contribution is -2.54. The largest absolute Gasteiger partial charge is 0.379 e. The summed E-state index contributed by atoms with van der Waals surface area (Å²) in [5.41, 5.74) is 5.84. The van der Waals surface area contributed by atoms with Crippen LogP contribution in [0, 0.1) is 42.4 Å². The number of ketones is 3. The number of methoxy groups -OCH3 is 2. The van der Waals surface area contributed by atoms with Crippen LogP contribution in [0.25, 0.3) is 0 Å². The van der Waals surface area contributed by atoms with Gasteiger partial charge in [0.2, 0.25) is 11.8 Å². The first kappa shape index (κ1) is 63.8. The van der Waals surface area contributed by atoms with Gasteiger partial charge in [-0.05, 0) is 87.2 Å². The van der Waals surface area contributed by atoms with Gasteiger partial charge in [0.25, 0.3) is 17.7 Å². The Morgan fingerprint density at radius 1 is 0.805 bits per heavy atom. The molecule has 1 fully saturated rings. The number of nitrogens with one attached hydrogen (secondary N) is 1. The van der Waals surface area contributed by atoms with Gasteiger partial charge in [-0.15, -0.1) is 0 Å². The molecule has 9 atom stereocenters. The molecule has 0 aliphatic carbocycles. The van der Waals surface area contributed by atoms with Crippen LogP contribution in [-0.2, 0) is 49.5 Å². The standard InChI is InChI=1S/C61H90N6O10/c1-15-40(6)58(65(12)61(75)48(38(2)3)36-51(70)57(39(4)5)64(10)11)52(76-13)37-55(73)66-32-22-26-49(66)59(77-14)43(9)50(69)34-42(8)56(45-23-18-16-19-24-45)62-63-60(74)47-28-27-44(33-41(47)7)35-46(68)25-20-17-21-31-67-53(71)29-30-54(67)72/h16,18-19,23-24,27-30,33,38-40,42-43,48-49,52,57-59H,15,17,20-22,25-26,31-32,34-37H2,1-14H3,(H,63,74)/t40-,42-,43-,48-,49-,52+,57-,58-,59+/m0/s1. The molecule has 77 heavy (non-hydrogen) atoms. The molecule has 5 amide bonds. The van der Waals surface area contributed by atoms with Crippen molar-refractivity contribution in [3.63, 3.8) is 0 Å². The smallest absolute Gasteiger partial charge is 0.271 e. The number of amides is 5. The van der Waals surface area contributed by atoms with E-state index in [1.54, 1.807) is 45.2 Å². The predicted molar refractivity (Wildman–Crippen MR) is 300 cm³/mol. The molecule has 2 aromatic carbocycles. The highest BCUT2D eigenvalue weighted by Crippen LogP contribution is 2.32.